The fraction of sp³-hybridized carbons (Fsp3) is 0.348. The molecule has 0 bridgehead atoms. The van der Waals surface area contributed by atoms with Crippen LogP contribution in [-0.2, 0) is 9.53 Å². The summed E-state index contributed by atoms with van der Waals surface area (Å²) in [6.07, 6.45) is 3.95. The molecule has 7 heteroatoms. The lowest BCUT2D eigenvalue weighted by molar-refractivity contribution is -0.141. The van der Waals surface area contributed by atoms with E-state index in [1.807, 2.05) is 6.08 Å². The quantitative estimate of drug-likeness (QED) is 0.461. The van der Waals surface area contributed by atoms with Crippen LogP contribution in [0.4, 0.5) is 0 Å². The first-order valence-corrected chi connectivity index (χ1v) is 9.75. The summed E-state index contributed by atoms with van der Waals surface area (Å²) in [5.41, 5.74) is 2.66. The highest BCUT2D eigenvalue weighted by Gasteiger charge is 2.25. The highest BCUT2D eigenvalue weighted by molar-refractivity contribution is 5.85. The molecule has 0 amide bonds. The van der Waals surface area contributed by atoms with Gasteiger partial charge < -0.3 is 9.84 Å². The minimum Gasteiger partial charge on any atom is -0.480 e. The third-order valence-electron chi connectivity index (χ3n) is 4.97. The van der Waals surface area contributed by atoms with Crippen LogP contribution in [0.25, 0.3) is 0 Å². The third-order valence-corrected chi connectivity index (χ3v) is 4.97. The van der Waals surface area contributed by atoms with Crippen molar-refractivity contribution in [1.82, 2.24) is 9.80 Å². The highest BCUT2D eigenvalue weighted by Crippen LogP contribution is 2.29. The molecule has 5 nitrogen and oxygen atoms in total. The number of hydrogen-bond donors (Lipinski definition) is 1. The maximum atomic E-state index is 10.4. The zero-order chi connectivity index (χ0) is 19.6. The van der Waals surface area contributed by atoms with Gasteiger partial charge in [-0.25, -0.2) is 4.79 Å². The first kappa shape index (κ1) is 26.1. The predicted molar refractivity (Wildman–Crippen MR) is 125 cm³/mol. The van der Waals surface area contributed by atoms with Crippen LogP contribution in [0.5, 0.6) is 0 Å². The van der Waals surface area contributed by atoms with Crippen molar-refractivity contribution in [3.8, 4) is 0 Å². The molecule has 0 spiro atoms. The summed E-state index contributed by atoms with van der Waals surface area (Å²) < 4.78 is 5.02. The lowest BCUT2D eigenvalue weighted by Crippen LogP contribution is -2.47. The van der Waals surface area contributed by atoms with E-state index in [4.69, 9.17) is 9.84 Å². The van der Waals surface area contributed by atoms with Crippen molar-refractivity contribution in [2.45, 2.75) is 6.04 Å². The van der Waals surface area contributed by atoms with Gasteiger partial charge in [-0.1, -0.05) is 72.8 Å². The SMILES string of the molecule is Cl.Cl.O=C(O)COC/C=C\CN1CCN(C(c2ccccc2)c2ccccc2)CC1. The molecule has 2 aromatic rings. The molecule has 0 saturated carbocycles. The topological polar surface area (TPSA) is 53.0 Å². The van der Waals surface area contributed by atoms with Crippen molar-refractivity contribution >= 4 is 30.8 Å². The van der Waals surface area contributed by atoms with Gasteiger partial charge in [-0.3, -0.25) is 9.80 Å². The number of carboxylic acid groups (broad SMARTS) is 1. The Morgan fingerprint density at radius 3 is 1.93 bits per heavy atom. The molecule has 30 heavy (non-hydrogen) atoms. The normalized spacial score (nSPS) is 15.0. The van der Waals surface area contributed by atoms with Crippen molar-refractivity contribution in [1.29, 1.82) is 0 Å². The number of hydrogen-bond acceptors (Lipinski definition) is 4. The van der Waals surface area contributed by atoms with Gasteiger partial charge in [0.15, 0.2) is 0 Å². The van der Waals surface area contributed by atoms with E-state index >= 15 is 0 Å². The number of nitrogens with zero attached hydrogens (tertiary/aromatic N) is 2. The fourth-order valence-corrected chi connectivity index (χ4v) is 3.59. The summed E-state index contributed by atoms with van der Waals surface area (Å²) in [6.45, 7) is 5.01. The minimum absolute atomic E-state index is 0. The Morgan fingerprint density at radius 1 is 0.900 bits per heavy atom. The Morgan fingerprint density at radius 2 is 1.43 bits per heavy atom. The van der Waals surface area contributed by atoms with E-state index in [1.165, 1.54) is 11.1 Å². The summed E-state index contributed by atoms with van der Waals surface area (Å²) in [6, 6.07) is 21.7. The van der Waals surface area contributed by atoms with Crippen LogP contribution in [0, 0.1) is 0 Å². The molecule has 0 unspecified atom stereocenters. The molecule has 3 rings (SSSR count). The number of benzene rings is 2. The van der Waals surface area contributed by atoms with Gasteiger partial charge >= 0.3 is 5.97 Å². The van der Waals surface area contributed by atoms with E-state index in [-0.39, 0.29) is 37.5 Å². The van der Waals surface area contributed by atoms with Crippen LogP contribution >= 0.6 is 24.8 Å². The van der Waals surface area contributed by atoms with Gasteiger partial charge in [0.05, 0.1) is 12.6 Å². The van der Waals surface area contributed by atoms with E-state index in [0.29, 0.717) is 6.61 Å². The zero-order valence-corrected chi connectivity index (χ0v) is 18.6. The molecule has 0 aromatic heterocycles. The molecule has 1 aliphatic rings. The van der Waals surface area contributed by atoms with Crippen LogP contribution in [0.15, 0.2) is 72.8 Å². The van der Waals surface area contributed by atoms with Crippen molar-refractivity contribution in [2.24, 2.45) is 0 Å². The van der Waals surface area contributed by atoms with Crippen LogP contribution in [-0.4, -0.2) is 66.8 Å². The average Bonchev–Trinajstić information content (AvgIpc) is 2.73. The van der Waals surface area contributed by atoms with E-state index in [0.717, 1.165) is 32.7 Å². The molecule has 1 saturated heterocycles. The Labute approximate surface area is 191 Å². The summed E-state index contributed by atoms with van der Waals surface area (Å²) in [5.74, 6) is -0.934. The van der Waals surface area contributed by atoms with Crippen LogP contribution in [0.1, 0.15) is 17.2 Å². The Bertz CT molecular complexity index is 712. The Kier molecular flexibility index (Phi) is 12.4. The molecule has 0 radical (unpaired) electrons. The maximum absolute atomic E-state index is 10.4. The number of aliphatic carboxylic acids is 1. The molecule has 2 aromatic carbocycles. The van der Waals surface area contributed by atoms with Gasteiger partial charge in [-0.2, -0.15) is 0 Å². The van der Waals surface area contributed by atoms with Crippen LogP contribution in [0.2, 0.25) is 0 Å². The number of carboxylic acids is 1. The monoisotopic (exact) mass is 452 g/mol. The summed E-state index contributed by atoms with van der Waals surface area (Å²) >= 11 is 0. The molecule has 1 N–H and O–H groups in total. The molecule has 1 fully saturated rings. The Balaban J connectivity index is 0.00000225. The Hall–Kier alpha value is -1.89. The molecule has 0 atom stereocenters. The van der Waals surface area contributed by atoms with Gasteiger partial charge in [0.1, 0.15) is 6.61 Å². The van der Waals surface area contributed by atoms with Crippen molar-refractivity contribution in [3.05, 3.63) is 83.9 Å². The van der Waals surface area contributed by atoms with Crippen molar-refractivity contribution < 1.29 is 14.6 Å². The average molecular weight is 453 g/mol. The molecule has 164 valence electrons. The van der Waals surface area contributed by atoms with Gasteiger partial charge in [-0.05, 0) is 11.1 Å². The summed E-state index contributed by atoms with van der Waals surface area (Å²) in [5, 5.41) is 8.55. The van der Waals surface area contributed by atoms with E-state index in [9.17, 15) is 4.79 Å². The lowest BCUT2D eigenvalue weighted by atomic mass is 9.96. The zero-order valence-electron chi connectivity index (χ0n) is 16.9. The molecular weight excluding hydrogens is 423 g/mol. The first-order chi connectivity index (χ1) is 13.7. The van der Waals surface area contributed by atoms with Gasteiger partial charge in [-0.15, -0.1) is 24.8 Å². The number of halogens is 2. The smallest absolute Gasteiger partial charge is 0.329 e. The summed E-state index contributed by atoms with van der Waals surface area (Å²) in [7, 11) is 0. The second-order valence-corrected chi connectivity index (χ2v) is 6.94. The lowest BCUT2D eigenvalue weighted by Gasteiger charge is -2.39. The molecular formula is C23H30Cl2N2O3. The number of rotatable bonds is 9. The maximum Gasteiger partial charge on any atom is 0.329 e. The standard InChI is InChI=1S/C23H28N2O3.2ClH/c26-22(27)19-28-18-8-7-13-24-14-16-25(17-15-24)23(20-9-3-1-4-10-20)21-11-5-2-6-12-21;;/h1-12,23H,13-19H2,(H,26,27);2*1H/b8-7-;;. The molecule has 1 heterocycles. The number of carbonyl (C=O) groups is 1. The largest absolute Gasteiger partial charge is 0.480 e. The predicted octanol–water partition coefficient (Wildman–Crippen LogP) is 3.89. The van der Waals surface area contributed by atoms with E-state index in [2.05, 4.69) is 76.5 Å². The van der Waals surface area contributed by atoms with E-state index < -0.39 is 5.97 Å². The number of ether oxygens (including phenoxy) is 1. The second kappa shape index (κ2) is 14.2. The van der Waals surface area contributed by atoms with Crippen LogP contribution < -0.4 is 0 Å². The molecule has 1 aliphatic heterocycles. The van der Waals surface area contributed by atoms with Gasteiger partial charge in [0, 0.05) is 32.7 Å². The third kappa shape index (κ3) is 8.09. The highest BCUT2D eigenvalue weighted by atomic mass is 35.5. The van der Waals surface area contributed by atoms with Gasteiger partial charge in [0.25, 0.3) is 0 Å². The summed E-state index contributed by atoms with van der Waals surface area (Å²) in [4.78, 5) is 15.4. The number of piperazine rings is 1. The van der Waals surface area contributed by atoms with Crippen molar-refractivity contribution in [2.75, 3.05) is 45.9 Å². The van der Waals surface area contributed by atoms with E-state index in [1.54, 1.807) is 0 Å². The molecule has 0 aliphatic carbocycles. The second-order valence-electron chi connectivity index (χ2n) is 6.94. The first-order valence-electron chi connectivity index (χ1n) is 9.75. The van der Waals surface area contributed by atoms with Gasteiger partial charge in [0.2, 0.25) is 0 Å². The van der Waals surface area contributed by atoms with Crippen LogP contribution in [0.3, 0.4) is 0 Å². The fourth-order valence-electron chi connectivity index (χ4n) is 3.59. The minimum atomic E-state index is -0.934. The van der Waals surface area contributed by atoms with Crippen molar-refractivity contribution in [3.63, 3.8) is 0 Å².